The van der Waals surface area contributed by atoms with Gasteiger partial charge in [-0.05, 0) is 42.5 Å². The van der Waals surface area contributed by atoms with E-state index in [1.807, 2.05) is 11.9 Å². The van der Waals surface area contributed by atoms with Gasteiger partial charge in [0.15, 0.2) is 11.6 Å². The SMILES string of the molecule is CN(c1ccc(C(=O)O)cc1)c1ccc2c(c1)C(=O)CC2=O. The molecule has 0 spiro atoms. The summed E-state index contributed by atoms with van der Waals surface area (Å²) in [4.78, 5) is 36.1. The van der Waals surface area contributed by atoms with Gasteiger partial charge < -0.3 is 10.0 Å². The smallest absolute Gasteiger partial charge is 0.335 e. The van der Waals surface area contributed by atoms with E-state index in [0.717, 1.165) is 11.4 Å². The Morgan fingerprint density at radius 1 is 0.955 bits per heavy atom. The van der Waals surface area contributed by atoms with Crippen molar-refractivity contribution in [3.63, 3.8) is 0 Å². The van der Waals surface area contributed by atoms with Crippen LogP contribution in [0.1, 0.15) is 37.5 Å². The summed E-state index contributed by atoms with van der Waals surface area (Å²) in [5.41, 5.74) is 2.71. The fourth-order valence-corrected chi connectivity index (χ4v) is 2.53. The molecule has 0 aromatic heterocycles. The van der Waals surface area contributed by atoms with Gasteiger partial charge in [-0.3, -0.25) is 9.59 Å². The number of carboxylic acid groups (broad SMARTS) is 1. The number of Topliss-reactive ketones (excluding diaryl/α,β-unsaturated/α-hetero) is 2. The third-order valence-electron chi connectivity index (χ3n) is 3.81. The summed E-state index contributed by atoms with van der Waals surface area (Å²) < 4.78 is 0. The van der Waals surface area contributed by atoms with E-state index in [1.165, 1.54) is 12.1 Å². The molecule has 0 saturated carbocycles. The number of hydrogen-bond acceptors (Lipinski definition) is 4. The molecular formula is C17H13NO4. The second-order valence-corrected chi connectivity index (χ2v) is 5.16. The van der Waals surface area contributed by atoms with Crippen molar-refractivity contribution in [1.29, 1.82) is 0 Å². The fourth-order valence-electron chi connectivity index (χ4n) is 2.53. The van der Waals surface area contributed by atoms with Gasteiger partial charge >= 0.3 is 5.97 Å². The molecule has 1 aliphatic rings. The number of aromatic carboxylic acids is 1. The van der Waals surface area contributed by atoms with Crippen LogP contribution in [-0.2, 0) is 0 Å². The molecule has 0 aliphatic heterocycles. The number of rotatable bonds is 3. The average Bonchev–Trinajstić information content (AvgIpc) is 2.81. The molecule has 0 radical (unpaired) electrons. The fraction of sp³-hybridized carbons (Fsp3) is 0.118. The lowest BCUT2D eigenvalue weighted by molar-refractivity contribution is 0.0696. The number of hydrogen-bond donors (Lipinski definition) is 1. The third-order valence-corrected chi connectivity index (χ3v) is 3.81. The predicted octanol–water partition coefficient (Wildman–Crippen LogP) is 2.92. The standard InChI is InChI=1S/C17H13NO4/c1-18(11-4-2-10(3-5-11)17(21)22)12-6-7-13-14(8-12)16(20)9-15(13)19/h2-8H,9H2,1H3,(H,21,22). The number of carbonyl (C=O) groups excluding carboxylic acids is 2. The summed E-state index contributed by atoms with van der Waals surface area (Å²) in [5.74, 6) is -1.27. The average molecular weight is 295 g/mol. The van der Waals surface area contributed by atoms with Crippen LogP contribution in [0.4, 0.5) is 11.4 Å². The largest absolute Gasteiger partial charge is 0.478 e. The van der Waals surface area contributed by atoms with Crippen LogP contribution in [0.15, 0.2) is 42.5 Å². The number of ketones is 2. The van der Waals surface area contributed by atoms with Gasteiger partial charge in [-0.2, -0.15) is 0 Å². The summed E-state index contributed by atoms with van der Waals surface area (Å²) in [7, 11) is 1.82. The zero-order valence-electron chi connectivity index (χ0n) is 11.9. The molecule has 0 fully saturated rings. The minimum Gasteiger partial charge on any atom is -0.478 e. The van der Waals surface area contributed by atoms with E-state index >= 15 is 0 Å². The lowest BCUT2D eigenvalue weighted by atomic mass is 10.1. The lowest BCUT2D eigenvalue weighted by Gasteiger charge is -2.20. The zero-order chi connectivity index (χ0) is 15.9. The van der Waals surface area contributed by atoms with Crippen molar-refractivity contribution in [1.82, 2.24) is 0 Å². The van der Waals surface area contributed by atoms with Crippen molar-refractivity contribution in [2.75, 3.05) is 11.9 Å². The summed E-state index contributed by atoms with van der Waals surface area (Å²) in [6, 6.07) is 11.6. The highest BCUT2D eigenvalue weighted by molar-refractivity contribution is 6.24. The maximum absolute atomic E-state index is 11.8. The molecule has 0 saturated heterocycles. The highest BCUT2D eigenvalue weighted by Gasteiger charge is 2.27. The van der Waals surface area contributed by atoms with Crippen LogP contribution in [0.5, 0.6) is 0 Å². The highest BCUT2D eigenvalue weighted by atomic mass is 16.4. The number of benzene rings is 2. The van der Waals surface area contributed by atoms with Crippen LogP contribution in [-0.4, -0.2) is 29.7 Å². The summed E-state index contributed by atoms with van der Waals surface area (Å²) in [6.07, 6.45) is -0.0597. The Kier molecular flexibility index (Phi) is 3.25. The number of nitrogens with zero attached hydrogens (tertiary/aromatic N) is 1. The van der Waals surface area contributed by atoms with Crippen LogP contribution in [0.3, 0.4) is 0 Å². The maximum atomic E-state index is 11.8. The van der Waals surface area contributed by atoms with Gasteiger partial charge in [0.1, 0.15) is 0 Å². The Balaban J connectivity index is 1.94. The monoisotopic (exact) mass is 295 g/mol. The normalized spacial score (nSPS) is 13.1. The van der Waals surface area contributed by atoms with Gasteiger partial charge in [0.2, 0.25) is 0 Å². The molecule has 5 nitrogen and oxygen atoms in total. The molecule has 1 aliphatic carbocycles. The molecule has 3 rings (SSSR count). The van der Waals surface area contributed by atoms with Crippen LogP contribution in [0.2, 0.25) is 0 Å². The van der Waals surface area contributed by atoms with Crippen molar-refractivity contribution >= 4 is 28.9 Å². The summed E-state index contributed by atoms with van der Waals surface area (Å²) >= 11 is 0. The van der Waals surface area contributed by atoms with Gasteiger partial charge in [0.25, 0.3) is 0 Å². The van der Waals surface area contributed by atoms with E-state index in [9.17, 15) is 14.4 Å². The van der Waals surface area contributed by atoms with Crippen molar-refractivity contribution < 1.29 is 19.5 Å². The highest BCUT2D eigenvalue weighted by Crippen LogP contribution is 2.30. The van der Waals surface area contributed by atoms with E-state index in [0.29, 0.717) is 11.1 Å². The van der Waals surface area contributed by atoms with Crippen molar-refractivity contribution in [3.05, 3.63) is 59.2 Å². The Bertz CT molecular complexity index is 793. The van der Waals surface area contributed by atoms with E-state index in [-0.39, 0.29) is 23.6 Å². The zero-order valence-corrected chi connectivity index (χ0v) is 11.9. The Labute approximate surface area is 126 Å². The quantitative estimate of drug-likeness (QED) is 0.881. The van der Waals surface area contributed by atoms with Crippen LogP contribution < -0.4 is 4.90 Å². The van der Waals surface area contributed by atoms with Gasteiger partial charge in [-0.25, -0.2) is 4.79 Å². The number of carboxylic acids is 1. The number of fused-ring (bicyclic) bond motifs is 1. The minimum absolute atomic E-state index is 0.0597. The molecule has 1 N–H and O–H groups in total. The topological polar surface area (TPSA) is 74.7 Å². The van der Waals surface area contributed by atoms with E-state index in [1.54, 1.807) is 30.3 Å². The Morgan fingerprint density at radius 2 is 1.55 bits per heavy atom. The van der Waals surface area contributed by atoms with Gasteiger partial charge in [0, 0.05) is 29.5 Å². The first-order chi connectivity index (χ1) is 10.5. The van der Waals surface area contributed by atoms with Gasteiger partial charge in [0.05, 0.1) is 12.0 Å². The minimum atomic E-state index is -0.976. The maximum Gasteiger partial charge on any atom is 0.335 e. The molecule has 110 valence electrons. The van der Waals surface area contributed by atoms with Gasteiger partial charge in [-0.1, -0.05) is 0 Å². The first-order valence-electron chi connectivity index (χ1n) is 6.75. The predicted molar refractivity (Wildman–Crippen MR) is 81.2 cm³/mol. The van der Waals surface area contributed by atoms with E-state index in [4.69, 9.17) is 5.11 Å². The molecule has 2 aromatic carbocycles. The first-order valence-corrected chi connectivity index (χ1v) is 6.75. The van der Waals surface area contributed by atoms with Crippen molar-refractivity contribution in [2.24, 2.45) is 0 Å². The molecule has 0 heterocycles. The summed E-state index contributed by atoms with van der Waals surface area (Å²) in [5, 5.41) is 8.91. The molecule has 0 bridgehead atoms. The molecule has 22 heavy (non-hydrogen) atoms. The first kappa shape index (κ1) is 14.0. The number of carbonyl (C=O) groups is 3. The molecule has 0 unspecified atom stereocenters. The van der Waals surface area contributed by atoms with Crippen LogP contribution in [0, 0.1) is 0 Å². The molecule has 0 atom stereocenters. The lowest BCUT2D eigenvalue weighted by Crippen LogP contribution is -2.10. The Morgan fingerprint density at radius 3 is 2.18 bits per heavy atom. The van der Waals surface area contributed by atoms with Crippen molar-refractivity contribution in [3.8, 4) is 0 Å². The summed E-state index contributed by atoms with van der Waals surface area (Å²) in [6.45, 7) is 0. The van der Waals surface area contributed by atoms with Crippen LogP contribution in [0.25, 0.3) is 0 Å². The van der Waals surface area contributed by atoms with Gasteiger partial charge in [-0.15, -0.1) is 0 Å². The van der Waals surface area contributed by atoms with Crippen LogP contribution >= 0.6 is 0 Å². The second-order valence-electron chi connectivity index (χ2n) is 5.16. The van der Waals surface area contributed by atoms with E-state index in [2.05, 4.69) is 0 Å². The molecule has 0 amide bonds. The second kappa shape index (κ2) is 5.11. The Hall–Kier alpha value is -2.95. The van der Waals surface area contributed by atoms with Crippen molar-refractivity contribution in [2.45, 2.75) is 6.42 Å². The molecule has 2 aromatic rings. The van der Waals surface area contributed by atoms with E-state index < -0.39 is 5.97 Å². The molecular weight excluding hydrogens is 282 g/mol. The molecule has 5 heteroatoms. The number of anilines is 2. The third kappa shape index (κ3) is 2.26.